The Morgan fingerprint density at radius 1 is 1.06 bits per heavy atom. The molecule has 0 radical (unpaired) electrons. The lowest BCUT2D eigenvalue weighted by molar-refractivity contribution is -0.137. The summed E-state index contributed by atoms with van der Waals surface area (Å²) in [7, 11) is 1.99. The summed E-state index contributed by atoms with van der Waals surface area (Å²) in [6.45, 7) is 8.55. The van der Waals surface area contributed by atoms with Crippen molar-refractivity contribution in [3.63, 3.8) is 0 Å². The summed E-state index contributed by atoms with van der Waals surface area (Å²) in [5.74, 6) is -3.73. The molecule has 1 saturated heterocycles. The van der Waals surface area contributed by atoms with E-state index in [1.54, 1.807) is 4.90 Å². The molecule has 1 aromatic carbocycles. The molecular formula is C24H30F3N5O3. The minimum atomic E-state index is -1.32. The van der Waals surface area contributed by atoms with E-state index in [1.165, 1.54) is 0 Å². The number of amides is 2. The Balaban J connectivity index is 1.67. The molecule has 2 amide bonds. The van der Waals surface area contributed by atoms with Crippen LogP contribution < -0.4 is 5.32 Å². The van der Waals surface area contributed by atoms with Gasteiger partial charge in [-0.05, 0) is 18.5 Å². The van der Waals surface area contributed by atoms with E-state index in [0.29, 0.717) is 43.4 Å². The summed E-state index contributed by atoms with van der Waals surface area (Å²) in [5, 5.41) is 7.09. The fourth-order valence-electron chi connectivity index (χ4n) is 4.37. The molecule has 1 atom stereocenters. The van der Waals surface area contributed by atoms with Gasteiger partial charge in [0.2, 0.25) is 5.91 Å². The maximum absolute atomic E-state index is 14.6. The first kappa shape index (κ1) is 25.2. The molecule has 0 spiro atoms. The van der Waals surface area contributed by atoms with Gasteiger partial charge in [0, 0.05) is 49.8 Å². The number of halogens is 3. The van der Waals surface area contributed by atoms with Crippen LogP contribution in [0.15, 0.2) is 12.1 Å². The van der Waals surface area contributed by atoms with E-state index in [9.17, 15) is 22.8 Å². The zero-order valence-corrected chi connectivity index (χ0v) is 20.3. The van der Waals surface area contributed by atoms with Gasteiger partial charge < -0.3 is 19.9 Å². The van der Waals surface area contributed by atoms with Crippen LogP contribution in [0, 0.1) is 22.9 Å². The summed E-state index contributed by atoms with van der Waals surface area (Å²) in [5.41, 5.74) is 0.0465. The molecule has 1 aromatic heterocycles. The van der Waals surface area contributed by atoms with E-state index < -0.39 is 34.9 Å². The summed E-state index contributed by atoms with van der Waals surface area (Å²) in [6, 6.07) is -0.315. The van der Waals surface area contributed by atoms with Gasteiger partial charge in [0.1, 0.15) is 17.6 Å². The molecule has 0 bridgehead atoms. The Bertz CT molecular complexity index is 1140. The molecule has 2 aliphatic heterocycles. The summed E-state index contributed by atoms with van der Waals surface area (Å²) in [4.78, 5) is 30.6. The number of carbonyl (C=O) groups excluding carboxylic acids is 2. The number of fused-ring (bicyclic) bond motifs is 1. The minimum Gasteiger partial charge on any atom is -0.376 e. The van der Waals surface area contributed by atoms with Crippen molar-refractivity contribution in [1.82, 2.24) is 24.9 Å². The summed E-state index contributed by atoms with van der Waals surface area (Å²) < 4.78 is 48.5. The Morgan fingerprint density at radius 3 is 2.37 bits per heavy atom. The lowest BCUT2D eigenvalue weighted by atomic mass is 9.85. The van der Waals surface area contributed by atoms with E-state index in [0.717, 1.165) is 23.8 Å². The molecule has 0 aliphatic carbocycles. The van der Waals surface area contributed by atoms with Gasteiger partial charge in [-0.15, -0.1) is 0 Å². The van der Waals surface area contributed by atoms with Gasteiger partial charge >= 0.3 is 6.03 Å². The molecule has 1 N–H and O–H groups in total. The second-order valence-corrected chi connectivity index (χ2v) is 10.1. The number of hydrogen-bond donors (Lipinski definition) is 1. The molecule has 3 heterocycles. The maximum Gasteiger partial charge on any atom is 0.343 e. The van der Waals surface area contributed by atoms with Crippen LogP contribution in [0.5, 0.6) is 0 Å². The molecule has 8 nitrogen and oxygen atoms in total. The zero-order chi connectivity index (χ0) is 25.5. The normalized spacial score (nSPS) is 17.7. The van der Waals surface area contributed by atoms with Gasteiger partial charge in [0.05, 0.1) is 18.9 Å². The minimum absolute atomic E-state index is 0.00366. The van der Waals surface area contributed by atoms with Gasteiger partial charge in [-0.2, -0.15) is 9.78 Å². The molecule has 190 valence electrons. The third kappa shape index (κ3) is 5.06. The topological polar surface area (TPSA) is 79.7 Å². The van der Waals surface area contributed by atoms with Gasteiger partial charge in [-0.3, -0.25) is 4.79 Å². The monoisotopic (exact) mass is 493 g/mol. The summed E-state index contributed by atoms with van der Waals surface area (Å²) in [6.07, 6.45) is 0.313. The smallest absolute Gasteiger partial charge is 0.343 e. The molecule has 2 aromatic rings. The molecule has 35 heavy (non-hydrogen) atoms. The van der Waals surface area contributed by atoms with E-state index in [-0.39, 0.29) is 23.8 Å². The Morgan fingerprint density at radius 2 is 1.71 bits per heavy atom. The molecule has 4 rings (SSSR count). The van der Waals surface area contributed by atoms with Crippen molar-refractivity contribution < 1.29 is 27.5 Å². The van der Waals surface area contributed by atoms with E-state index >= 15 is 0 Å². The average Bonchev–Trinajstić information content (AvgIpc) is 3.19. The fraction of sp³-hybridized carbons (Fsp3) is 0.542. The SMILES string of the molecule is CN1CCN(C(=O)[C@@H](NC(=O)n2nc(-c3cc(F)c(F)cc3F)c3c2CCOC3)C(C)(C)C)CC1. The number of rotatable bonds is 3. The van der Waals surface area contributed by atoms with Crippen LogP contribution in [-0.2, 0) is 22.6 Å². The van der Waals surface area contributed by atoms with Crippen molar-refractivity contribution in [1.29, 1.82) is 0 Å². The predicted molar refractivity (Wildman–Crippen MR) is 122 cm³/mol. The van der Waals surface area contributed by atoms with Crippen molar-refractivity contribution in [2.75, 3.05) is 39.8 Å². The van der Waals surface area contributed by atoms with Crippen LogP contribution in [0.3, 0.4) is 0 Å². The van der Waals surface area contributed by atoms with Crippen molar-refractivity contribution >= 4 is 11.9 Å². The number of carbonyl (C=O) groups is 2. The van der Waals surface area contributed by atoms with Gasteiger partial charge in [-0.25, -0.2) is 18.0 Å². The molecule has 2 aliphatic rings. The number of piperazine rings is 1. The highest BCUT2D eigenvalue weighted by molar-refractivity contribution is 5.89. The first-order valence-corrected chi connectivity index (χ1v) is 11.6. The van der Waals surface area contributed by atoms with Crippen molar-refractivity contribution in [3.8, 4) is 11.3 Å². The van der Waals surface area contributed by atoms with Crippen LogP contribution >= 0.6 is 0 Å². The van der Waals surface area contributed by atoms with Crippen LogP contribution in [0.2, 0.25) is 0 Å². The Labute approximate surface area is 202 Å². The van der Waals surface area contributed by atoms with Gasteiger partial charge in [0.15, 0.2) is 11.6 Å². The van der Waals surface area contributed by atoms with Crippen molar-refractivity contribution in [2.24, 2.45) is 5.41 Å². The third-order valence-corrected chi connectivity index (χ3v) is 6.47. The standard InChI is InChI=1S/C24H30F3N5O3/c1-24(2,3)21(22(33)31-8-6-30(4)7-9-31)28-23(34)32-19-5-10-35-13-15(19)20(29-32)14-11-17(26)18(27)12-16(14)25/h11-12,21H,5-10,13H2,1-4H3,(H,28,34)/t21-/m1/s1. The Hall–Kier alpha value is -2.92. The molecule has 0 saturated carbocycles. The van der Waals surface area contributed by atoms with Crippen LogP contribution in [-0.4, -0.2) is 77.4 Å². The van der Waals surface area contributed by atoms with Crippen LogP contribution in [0.4, 0.5) is 18.0 Å². The predicted octanol–water partition coefficient (Wildman–Crippen LogP) is 2.79. The number of ether oxygens (including phenoxy) is 1. The lowest BCUT2D eigenvalue weighted by Crippen LogP contribution is -2.58. The van der Waals surface area contributed by atoms with Crippen LogP contribution in [0.1, 0.15) is 32.0 Å². The number of benzene rings is 1. The van der Waals surface area contributed by atoms with E-state index in [4.69, 9.17) is 4.74 Å². The fourth-order valence-corrected chi connectivity index (χ4v) is 4.37. The average molecular weight is 494 g/mol. The second-order valence-electron chi connectivity index (χ2n) is 10.1. The van der Waals surface area contributed by atoms with E-state index in [1.807, 2.05) is 27.8 Å². The van der Waals surface area contributed by atoms with Crippen molar-refractivity contribution in [3.05, 3.63) is 40.8 Å². The second kappa shape index (κ2) is 9.62. The highest BCUT2D eigenvalue weighted by atomic mass is 19.2. The number of likely N-dealkylation sites (N-methyl/N-ethyl adjacent to an activating group) is 1. The lowest BCUT2D eigenvalue weighted by Gasteiger charge is -2.38. The molecule has 11 heteroatoms. The highest BCUT2D eigenvalue weighted by Crippen LogP contribution is 2.32. The zero-order valence-electron chi connectivity index (χ0n) is 20.3. The number of aromatic nitrogens is 2. The molecule has 0 unspecified atom stereocenters. The highest BCUT2D eigenvalue weighted by Gasteiger charge is 2.38. The Kier molecular flexibility index (Phi) is 6.92. The molecule has 1 fully saturated rings. The largest absolute Gasteiger partial charge is 0.376 e. The van der Waals surface area contributed by atoms with E-state index in [2.05, 4.69) is 15.3 Å². The number of hydrogen-bond acceptors (Lipinski definition) is 5. The first-order chi connectivity index (χ1) is 16.5. The molecular weight excluding hydrogens is 463 g/mol. The number of nitrogens with zero attached hydrogens (tertiary/aromatic N) is 4. The van der Waals surface area contributed by atoms with Crippen LogP contribution in [0.25, 0.3) is 11.3 Å². The quantitative estimate of drug-likeness (QED) is 0.666. The first-order valence-electron chi connectivity index (χ1n) is 11.6. The van der Waals surface area contributed by atoms with Gasteiger partial charge in [-0.1, -0.05) is 20.8 Å². The maximum atomic E-state index is 14.6. The van der Waals surface area contributed by atoms with Crippen molar-refractivity contribution in [2.45, 2.75) is 39.8 Å². The summed E-state index contributed by atoms with van der Waals surface area (Å²) >= 11 is 0. The third-order valence-electron chi connectivity index (χ3n) is 6.47. The number of nitrogens with one attached hydrogen (secondary N) is 1. The van der Waals surface area contributed by atoms with Gasteiger partial charge in [0.25, 0.3) is 0 Å².